The lowest BCUT2D eigenvalue weighted by Gasteiger charge is -2.22. The van der Waals surface area contributed by atoms with Gasteiger partial charge < -0.3 is 5.32 Å². The molecule has 0 radical (unpaired) electrons. The summed E-state index contributed by atoms with van der Waals surface area (Å²) in [4.78, 5) is 0. The summed E-state index contributed by atoms with van der Waals surface area (Å²) in [7, 11) is 0. The maximum atomic E-state index is 3.64. The summed E-state index contributed by atoms with van der Waals surface area (Å²) in [6.45, 7) is 1.01. The van der Waals surface area contributed by atoms with E-state index in [9.17, 15) is 0 Å². The average molecular weight is 268 g/mol. The van der Waals surface area contributed by atoms with E-state index in [4.69, 9.17) is 0 Å². The first-order valence-corrected chi connectivity index (χ1v) is 6.62. The van der Waals surface area contributed by atoms with Crippen molar-refractivity contribution in [2.75, 3.05) is 0 Å². The molecule has 15 heavy (non-hydrogen) atoms. The van der Waals surface area contributed by atoms with Gasteiger partial charge in [-0.25, -0.2) is 0 Å². The van der Waals surface area contributed by atoms with Crippen molar-refractivity contribution in [1.82, 2.24) is 5.32 Å². The molecule has 0 bridgehead atoms. The Bertz CT molecular complexity index is 288. The highest BCUT2D eigenvalue weighted by Gasteiger charge is 2.11. The molecule has 0 aromatic heterocycles. The van der Waals surface area contributed by atoms with Crippen LogP contribution in [0.1, 0.15) is 37.7 Å². The molecule has 1 aromatic rings. The zero-order valence-electron chi connectivity index (χ0n) is 9.01. The van der Waals surface area contributed by atoms with Crippen molar-refractivity contribution in [3.63, 3.8) is 0 Å². The Morgan fingerprint density at radius 3 is 2.40 bits per heavy atom. The first kappa shape index (κ1) is 11.2. The van der Waals surface area contributed by atoms with Gasteiger partial charge in [-0.1, -0.05) is 47.3 Å². The van der Waals surface area contributed by atoms with Crippen molar-refractivity contribution in [3.8, 4) is 0 Å². The first-order chi connectivity index (χ1) is 7.34. The van der Waals surface area contributed by atoms with Crippen LogP contribution in [0.25, 0.3) is 0 Å². The molecular weight excluding hydrogens is 250 g/mol. The Balaban J connectivity index is 1.79. The summed E-state index contributed by atoms with van der Waals surface area (Å²) in [6, 6.07) is 9.33. The highest BCUT2D eigenvalue weighted by molar-refractivity contribution is 9.10. The van der Waals surface area contributed by atoms with E-state index in [1.807, 2.05) is 0 Å². The summed E-state index contributed by atoms with van der Waals surface area (Å²) in [5.41, 5.74) is 1.38. The summed E-state index contributed by atoms with van der Waals surface area (Å²) in [5.74, 6) is 0. The zero-order chi connectivity index (χ0) is 10.5. The van der Waals surface area contributed by atoms with E-state index in [0.29, 0.717) is 0 Å². The van der Waals surface area contributed by atoms with Gasteiger partial charge in [0.2, 0.25) is 0 Å². The normalized spacial score (nSPS) is 17.9. The van der Waals surface area contributed by atoms with E-state index in [1.54, 1.807) is 0 Å². The van der Waals surface area contributed by atoms with Gasteiger partial charge in [0.1, 0.15) is 0 Å². The van der Waals surface area contributed by atoms with Crippen molar-refractivity contribution in [2.24, 2.45) is 0 Å². The number of rotatable bonds is 3. The van der Waals surface area contributed by atoms with Gasteiger partial charge in [0, 0.05) is 17.1 Å². The largest absolute Gasteiger partial charge is 0.310 e. The summed E-state index contributed by atoms with van der Waals surface area (Å²) >= 11 is 3.45. The maximum absolute atomic E-state index is 3.64. The molecule has 0 unspecified atom stereocenters. The SMILES string of the molecule is Brc1ccc(CNC2CCCCC2)cc1. The van der Waals surface area contributed by atoms with Crippen molar-refractivity contribution in [3.05, 3.63) is 34.3 Å². The molecule has 0 atom stereocenters. The third-order valence-electron chi connectivity index (χ3n) is 3.11. The van der Waals surface area contributed by atoms with Crippen LogP contribution >= 0.6 is 15.9 Å². The first-order valence-electron chi connectivity index (χ1n) is 5.82. The number of hydrogen-bond donors (Lipinski definition) is 1. The second-order valence-corrected chi connectivity index (χ2v) is 5.26. The van der Waals surface area contributed by atoms with E-state index < -0.39 is 0 Å². The second kappa shape index (κ2) is 5.66. The molecule has 2 heteroatoms. The fraction of sp³-hybridized carbons (Fsp3) is 0.538. The molecule has 82 valence electrons. The van der Waals surface area contributed by atoms with Crippen LogP contribution in [0.5, 0.6) is 0 Å². The minimum Gasteiger partial charge on any atom is -0.310 e. The Labute approximate surface area is 100 Å². The van der Waals surface area contributed by atoms with Gasteiger partial charge in [0.15, 0.2) is 0 Å². The quantitative estimate of drug-likeness (QED) is 0.877. The van der Waals surface area contributed by atoms with Crippen LogP contribution in [0.15, 0.2) is 28.7 Å². The topological polar surface area (TPSA) is 12.0 Å². The molecule has 0 aliphatic heterocycles. The van der Waals surface area contributed by atoms with Crippen LogP contribution in [0.3, 0.4) is 0 Å². The molecule has 1 N–H and O–H groups in total. The van der Waals surface area contributed by atoms with E-state index in [1.165, 1.54) is 37.7 Å². The smallest absolute Gasteiger partial charge is 0.0208 e. The van der Waals surface area contributed by atoms with Gasteiger partial charge in [-0.05, 0) is 30.5 Å². The van der Waals surface area contributed by atoms with Crippen LogP contribution in [0.4, 0.5) is 0 Å². The molecule has 1 fully saturated rings. The Kier molecular flexibility index (Phi) is 4.21. The van der Waals surface area contributed by atoms with Gasteiger partial charge in [-0.2, -0.15) is 0 Å². The Morgan fingerprint density at radius 1 is 1.07 bits per heavy atom. The van der Waals surface area contributed by atoms with Crippen molar-refractivity contribution in [1.29, 1.82) is 0 Å². The fourth-order valence-corrected chi connectivity index (χ4v) is 2.44. The fourth-order valence-electron chi connectivity index (χ4n) is 2.17. The lowest BCUT2D eigenvalue weighted by Crippen LogP contribution is -2.30. The third-order valence-corrected chi connectivity index (χ3v) is 3.64. The molecule has 1 nitrogen and oxygen atoms in total. The standard InChI is InChI=1S/C13H18BrN/c14-12-8-6-11(7-9-12)10-15-13-4-2-1-3-5-13/h6-9,13,15H,1-5,10H2. The number of benzene rings is 1. The Hall–Kier alpha value is -0.340. The van der Waals surface area contributed by atoms with Crippen molar-refractivity contribution in [2.45, 2.75) is 44.7 Å². The minimum atomic E-state index is 0.752. The monoisotopic (exact) mass is 267 g/mol. The average Bonchev–Trinajstić information content (AvgIpc) is 2.30. The molecule has 2 rings (SSSR count). The molecule has 0 spiro atoms. The molecule has 0 amide bonds. The Morgan fingerprint density at radius 2 is 1.73 bits per heavy atom. The summed E-state index contributed by atoms with van der Waals surface area (Å²) < 4.78 is 1.16. The van der Waals surface area contributed by atoms with Gasteiger partial charge in [-0.15, -0.1) is 0 Å². The van der Waals surface area contributed by atoms with Crippen LogP contribution in [0, 0.1) is 0 Å². The van der Waals surface area contributed by atoms with E-state index in [0.717, 1.165) is 17.1 Å². The van der Waals surface area contributed by atoms with Crippen LogP contribution in [-0.2, 0) is 6.54 Å². The van der Waals surface area contributed by atoms with Crippen LogP contribution < -0.4 is 5.32 Å². The highest BCUT2D eigenvalue weighted by atomic mass is 79.9. The van der Waals surface area contributed by atoms with E-state index >= 15 is 0 Å². The highest BCUT2D eigenvalue weighted by Crippen LogP contribution is 2.18. The van der Waals surface area contributed by atoms with E-state index in [2.05, 4.69) is 45.5 Å². The zero-order valence-corrected chi connectivity index (χ0v) is 10.6. The van der Waals surface area contributed by atoms with Gasteiger partial charge in [-0.3, -0.25) is 0 Å². The summed E-state index contributed by atoms with van der Waals surface area (Å²) in [6.07, 6.45) is 6.94. The van der Waals surface area contributed by atoms with Crippen molar-refractivity contribution >= 4 is 15.9 Å². The van der Waals surface area contributed by atoms with Gasteiger partial charge >= 0.3 is 0 Å². The predicted octanol–water partition coefficient (Wildman–Crippen LogP) is 3.87. The molecule has 1 aromatic carbocycles. The minimum absolute atomic E-state index is 0.752. The lowest BCUT2D eigenvalue weighted by atomic mass is 9.95. The number of nitrogens with one attached hydrogen (secondary N) is 1. The van der Waals surface area contributed by atoms with Crippen LogP contribution in [-0.4, -0.2) is 6.04 Å². The molecule has 0 heterocycles. The number of hydrogen-bond acceptors (Lipinski definition) is 1. The van der Waals surface area contributed by atoms with Crippen LogP contribution in [0.2, 0.25) is 0 Å². The predicted molar refractivity (Wildman–Crippen MR) is 67.9 cm³/mol. The molecule has 0 saturated heterocycles. The molecule has 1 aliphatic rings. The third kappa shape index (κ3) is 3.62. The molecular formula is C13H18BrN. The maximum Gasteiger partial charge on any atom is 0.0208 e. The van der Waals surface area contributed by atoms with E-state index in [-0.39, 0.29) is 0 Å². The second-order valence-electron chi connectivity index (χ2n) is 4.34. The molecule has 1 aliphatic carbocycles. The van der Waals surface area contributed by atoms with Crippen molar-refractivity contribution < 1.29 is 0 Å². The van der Waals surface area contributed by atoms with Gasteiger partial charge in [0.25, 0.3) is 0 Å². The lowest BCUT2D eigenvalue weighted by molar-refractivity contribution is 0.372. The molecule has 1 saturated carbocycles. The van der Waals surface area contributed by atoms with Gasteiger partial charge in [0.05, 0.1) is 0 Å². The summed E-state index contributed by atoms with van der Waals surface area (Å²) in [5, 5.41) is 3.64. The number of halogens is 1.